The molecule has 1 atom stereocenters. The molecule has 1 aliphatic rings. The molecule has 1 aliphatic heterocycles. The highest BCUT2D eigenvalue weighted by Crippen LogP contribution is 2.14. The fraction of sp³-hybridized carbons (Fsp3) is 0.375. The van der Waals surface area contributed by atoms with E-state index in [1.54, 1.807) is 46.2 Å². The van der Waals surface area contributed by atoms with Gasteiger partial charge >= 0.3 is 0 Å². The Hall–Kier alpha value is -2.86. The first-order valence-corrected chi connectivity index (χ1v) is 10.9. The van der Waals surface area contributed by atoms with Crippen LogP contribution in [0, 0.1) is 5.92 Å². The largest absolute Gasteiger partial charge is 0.340 e. The second-order valence-corrected chi connectivity index (χ2v) is 8.58. The van der Waals surface area contributed by atoms with E-state index in [9.17, 15) is 14.4 Å². The van der Waals surface area contributed by atoms with Crippen molar-refractivity contribution in [2.24, 2.45) is 5.92 Å². The molecular weight excluding hydrogens is 414 g/mol. The van der Waals surface area contributed by atoms with E-state index in [-0.39, 0.29) is 23.6 Å². The van der Waals surface area contributed by atoms with E-state index in [4.69, 9.17) is 11.6 Å². The Morgan fingerprint density at radius 1 is 0.871 bits per heavy atom. The Morgan fingerprint density at radius 3 is 2.03 bits per heavy atom. The molecule has 6 nitrogen and oxygen atoms in total. The van der Waals surface area contributed by atoms with E-state index in [1.807, 2.05) is 32.0 Å². The van der Waals surface area contributed by atoms with Gasteiger partial charge in [-0.05, 0) is 48.7 Å². The van der Waals surface area contributed by atoms with Crippen LogP contribution >= 0.6 is 11.6 Å². The summed E-state index contributed by atoms with van der Waals surface area (Å²) in [5, 5.41) is 3.44. The van der Waals surface area contributed by atoms with Crippen LogP contribution < -0.4 is 5.32 Å². The molecule has 1 N–H and O–H groups in total. The highest BCUT2D eigenvalue weighted by Gasteiger charge is 2.30. The van der Waals surface area contributed by atoms with Crippen LogP contribution in [-0.2, 0) is 4.79 Å². The second-order valence-electron chi connectivity index (χ2n) is 8.15. The molecule has 1 heterocycles. The summed E-state index contributed by atoms with van der Waals surface area (Å²) < 4.78 is 0. The maximum Gasteiger partial charge on any atom is 0.253 e. The lowest BCUT2D eigenvalue weighted by molar-refractivity contribution is -0.135. The number of hydrogen-bond acceptors (Lipinski definition) is 3. The summed E-state index contributed by atoms with van der Waals surface area (Å²) in [7, 11) is 0. The van der Waals surface area contributed by atoms with E-state index >= 15 is 0 Å². The first-order valence-electron chi connectivity index (χ1n) is 10.5. The first-order chi connectivity index (χ1) is 14.8. The lowest BCUT2D eigenvalue weighted by atomic mass is 10.0. The molecule has 7 heteroatoms. The maximum atomic E-state index is 13.2. The fourth-order valence-electron chi connectivity index (χ4n) is 3.65. The zero-order valence-corrected chi connectivity index (χ0v) is 18.6. The molecule has 0 saturated carbocycles. The molecule has 0 spiro atoms. The SMILES string of the molecule is CC(C)C[C@@H](NC(=O)c1ccc(Cl)cc1)C(=O)N1CCN(C(=O)c2ccccc2)CC1. The molecule has 0 bridgehead atoms. The van der Waals surface area contributed by atoms with Crippen molar-refractivity contribution in [3.8, 4) is 0 Å². The zero-order chi connectivity index (χ0) is 22.4. The van der Waals surface area contributed by atoms with Gasteiger partial charge < -0.3 is 15.1 Å². The monoisotopic (exact) mass is 441 g/mol. The minimum atomic E-state index is -0.612. The van der Waals surface area contributed by atoms with Gasteiger partial charge in [0.15, 0.2) is 0 Å². The van der Waals surface area contributed by atoms with Crippen molar-refractivity contribution < 1.29 is 14.4 Å². The highest BCUT2D eigenvalue weighted by molar-refractivity contribution is 6.30. The average molecular weight is 442 g/mol. The molecule has 0 radical (unpaired) electrons. The minimum absolute atomic E-state index is 0.0255. The van der Waals surface area contributed by atoms with E-state index < -0.39 is 6.04 Å². The number of amides is 3. The van der Waals surface area contributed by atoms with Crippen LogP contribution in [-0.4, -0.2) is 59.7 Å². The van der Waals surface area contributed by atoms with Gasteiger partial charge in [-0.25, -0.2) is 0 Å². The van der Waals surface area contributed by atoms with Gasteiger partial charge in [-0.3, -0.25) is 14.4 Å². The van der Waals surface area contributed by atoms with Crippen molar-refractivity contribution in [2.45, 2.75) is 26.3 Å². The summed E-state index contributed by atoms with van der Waals surface area (Å²) in [4.78, 5) is 42.0. The van der Waals surface area contributed by atoms with Gasteiger partial charge in [-0.15, -0.1) is 0 Å². The highest BCUT2D eigenvalue weighted by atomic mass is 35.5. The average Bonchev–Trinajstić information content (AvgIpc) is 2.78. The Morgan fingerprint density at radius 2 is 1.45 bits per heavy atom. The number of hydrogen-bond donors (Lipinski definition) is 1. The molecular formula is C24H28ClN3O3. The third-order valence-electron chi connectivity index (χ3n) is 5.32. The molecule has 3 amide bonds. The maximum absolute atomic E-state index is 13.2. The Labute approximate surface area is 188 Å². The van der Waals surface area contributed by atoms with Crippen LogP contribution in [0.1, 0.15) is 41.0 Å². The summed E-state index contributed by atoms with van der Waals surface area (Å²) in [6.45, 7) is 5.88. The van der Waals surface area contributed by atoms with Gasteiger partial charge in [-0.2, -0.15) is 0 Å². The van der Waals surface area contributed by atoms with Crippen LogP contribution in [0.2, 0.25) is 5.02 Å². The van der Waals surface area contributed by atoms with E-state index in [0.717, 1.165) is 0 Å². The molecule has 3 rings (SSSR count). The van der Waals surface area contributed by atoms with Gasteiger partial charge in [0.25, 0.3) is 11.8 Å². The van der Waals surface area contributed by atoms with Crippen LogP contribution in [0.15, 0.2) is 54.6 Å². The molecule has 1 fully saturated rings. The minimum Gasteiger partial charge on any atom is -0.340 e. The van der Waals surface area contributed by atoms with Crippen molar-refractivity contribution in [3.63, 3.8) is 0 Å². The Bertz CT molecular complexity index is 907. The summed E-state index contributed by atoms with van der Waals surface area (Å²) >= 11 is 5.90. The molecule has 1 saturated heterocycles. The number of carbonyl (C=O) groups excluding carboxylic acids is 3. The number of benzene rings is 2. The van der Waals surface area contributed by atoms with Gasteiger partial charge in [0.1, 0.15) is 6.04 Å². The number of halogens is 1. The van der Waals surface area contributed by atoms with Gasteiger partial charge in [0.2, 0.25) is 5.91 Å². The lowest BCUT2D eigenvalue weighted by Gasteiger charge is -2.37. The topological polar surface area (TPSA) is 69.7 Å². The standard InChI is InChI=1S/C24H28ClN3O3/c1-17(2)16-21(26-22(29)18-8-10-20(25)11-9-18)24(31)28-14-12-27(13-15-28)23(30)19-6-4-3-5-7-19/h3-11,17,21H,12-16H2,1-2H3,(H,26,29)/t21-/m1/s1. The van der Waals surface area contributed by atoms with E-state index in [0.29, 0.717) is 48.7 Å². The third kappa shape index (κ3) is 6.07. The zero-order valence-electron chi connectivity index (χ0n) is 17.9. The first kappa shape index (κ1) is 22.8. The number of carbonyl (C=O) groups is 3. The summed E-state index contributed by atoms with van der Waals surface area (Å²) in [6, 6.07) is 15.1. The Balaban J connectivity index is 1.62. The smallest absolute Gasteiger partial charge is 0.253 e. The molecule has 164 valence electrons. The molecule has 2 aromatic rings. The second kappa shape index (κ2) is 10.4. The third-order valence-corrected chi connectivity index (χ3v) is 5.57. The number of rotatable bonds is 6. The normalized spacial score (nSPS) is 15.0. The Kier molecular flexibility index (Phi) is 7.69. The van der Waals surface area contributed by atoms with Gasteiger partial charge in [0, 0.05) is 42.3 Å². The van der Waals surface area contributed by atoms with E-state index in [1.165, 1.54) is 0 Å². The predicted octanol–water partition coefficient (Wildman–Crippen LogP) is 3.47. The van der Waals surface area contributed by atoms with E-state index in [2.05, 4.69) is 5.32 Å². The summed E-state index contributed by atoms with van der Waals surface area (Å²) in [6.07, 6.45) is 0.543. The van der Waals surface area contributed by atoms with Crippen LogP contribution in [0.4, 0.5) is 0 Å². The van der Waals surface area contributed by atoms with Crippen molar-refractivity contribution in [2.75, 3.05) is 26.2 Å². The molecule has 31 heavy (non-hydrogen) atoms. The van der Waals surface area contributed by atoms with Crippen molar-refractivity contribution in [3.05, 3.63) is 70.7 Å². The quantitative estimate of drug-likeness (QED) is 0.746. The van der Waals surface area contributed by atoms with Crippen LogP contribution in [0.3, 0.4) is 0 Å². The van der Waals surface area contributed by atoms with Gasteiger partial charge in [0.05, 0.1) is 0 Å². The molecule has 2 aromatic carbocycles. The fourth-order valence-corrected chi connectivity index (χ4v) is 3.78. The van der Waals surface area contributed by atoms with Crippen molar-refractivity contribution in [1.82, 2.24) is 15.1 Å². The number of nitrogens with zero attached hydrogens (tertiary/aromatic N) is 2. The number of piperazine rings is 1. The van der Waals surface area contributed by atoms with Crippen LogP contribution in [0.5, 0.6) is 0 Å². The number of nitrogens with one attached hydrogen (secondary N) is 1. The van der Waals surface area contributed by atoms with Gasteiger partial charge in [-0.1, -0.05) is 43.6 Å². The molecule has 0 aromatic heterocycles. The molecule has 0 unspecified atom stereocenters. The molecule has 0 aliphatic carbocycles. The summed E-state index contributed by atoms with van der Waals surface area (Å²) in [5.41, 5.74) is 1.11. The lowest BCUT2D eigenvalue weighted by Crippen LogP contribution is -2.56. The summed E-state index contributed by atoms with van der Waals surface area (Å²) in [5.74, 6) is -0.195. The van der Waals surface area contributed by atoms with Crippen LogP contribution in [0.25, 0.3) is 0 Å². The van der Waals surface area contributed by atoms with Crippen molar-refractivity contribution >= 4 is 29.3 Å². The predicted molar refractivity (Wildman–Crippen MR) is 121 cm³/mol. The van der Waals surface area contributed by atoms with Crippen molar-refractivity contribution in [1.29, 1.82) is 0 Å².